The molecule has 1 atom stereocenters. The lowest BCUT2D eigenvalue weighted by Crippen LogP contribution is -2.42. The van der Waals surface area contributed by atoms with E-state index in [4.69, 9.17) is 0 Å². The number of benzene rings is 3. The lowest BCUT2D eigenvalue weighted by atomic mass is 10.0. The van der Waals surface area contributed by atoms with Gasteiger partial charge in [0.15, 0.2) is 0 Å². The highest BCUT2D eigenvalue weighted by Gasteiger charge is 2.29. The minimum atomic E-state index is -4.17. The third kappa shape index (κ3) is 5.34. The number of para-hydroxylation sites is 1. The molecule has 0 radical (unpaired) electrons. The topological polar surface area (TPSA) is 66.5 Å². The van der Waals surface area contributed by atoms with E-state index in [1.165, 1.54) is 36.4 Å². The van der Waals surface area contributed by atoms with Crippen LogP contribution in [0.4, 0.5) is 10.1 Å². The van der Waals surface area contributed by atoms with Crippen molar-refractivity contribution in [2.75, 3.05) is 10.8 Å². The molecule has 0 aliphatic heterocycles. The van der Waals surface area contributed by atoms with E-state index in [-0.39, 0.29) is 16.6 Å². The van der Waals surface area contributed by atoms with Gasteiger partial charge in [0.25, 0.3) is 10.0 Å². The molecule has 0 saturated heterocycles. The number of carbonyl (C=O) groups is 1. The Morgan fingerprint density at radius 1 is 0.938 bits per heavy atom. The van der Waals surface area contributed by atoms with Crippen molar-refractivity contribution in [3.05, 3.63) is 95.3 Å². The Morgan fingerprint density at radius 3 is 2.06 bits per heavy atom. The number of nitrogens with zero attached hydrogens (tertiary/aromatic N) is 1. The van der Waals surface area contributed by atoms with Crippen LogP contribution in [0.3, 0.4) is 0 Å². The fourth-order valence-electron chi connectivity index (χ4n) is 3.38. The summed E-state index contributed by atoms with van der Waals surface area (Å²) in [5.74, 6) is -1.24. The first-order valence-electron chi connectivity index (χ1n) is 10.4. The summed E-state index contributed by atoms with van der Waals surface area (Å²) in [6, 6.07) is 19.3. The molecule has 32 heavy (non-hydrogen) atoms. The first-order valence-corrected chi connectivity index (χ1v) is 11.9. The summed E-state index contributed by atoms with van der Waals surface area (Å²) >= 11 is 0. The van der Waals surface area contributed by atoms with Crippen molar-refractivity contribution in [2.45, 2.75) is 38.1 Å². The summed E-state index contributed by atoms with van der Waals surface area (Å²) < 4.78 is 42.2. The lowest BCUT2D eigenvalue weighted by molar-refractivity contribution is -0.120. The second-order valence-electron chi connectivity index (χ2n) is 7.72. The third-order valence-electron chi connectivity index (χ3n) is 5.24. The van der Waals surface area contributed by atoms with Gasteiger partial charge in [-0.1, -0.05) is 66.6 Å². The van der Waals surface area contributed by atoms with Crippen molar-refractivity contribution in [1.82, 2.24) is 5.32 Å². The minimum Gasteiger partial charge on any atom is -0.348 e. The zero-order chi connectivity index (χ0) is 23.3. The SMILES string of the molecule is CCC(NC(=O)CN(c1ccccc1F)S(=O)(=O)c1ccc(C)cc1)c1ccc(C)cc1. The molecule has 5 nitrogen and oxygen atoms in total. The van der Waals surface area contributed by atoms with Crippen LogP contribution in [0, 0.1) is 19.7 Å². The standard InChI is InChI=1S/C25H27FN2O3S/c1-4-23(20-13-9-18(2)10-14-20)27-25(29)17-28(24-8-6-5-7-22(24)26)32(30,31)21-15-11-19(3)12-16-21/h5-16,23H,4,17H2,1-3H3,(H,27,29). The van der Waals surface area contributed by atoms with Crippen LogP contribution in [0.2, 0.25) is 0 Å². The molecule has 168 valence electrons. The average molecular weight is 455 g/mol. The maximum atomic E-state index is 14.6. The molecule has 0 aliphatic carbocycles. The van der Waals surface area contributed by atoms with E-state index in [0.717, 1.165) is 21.0 Å². The van der Waals surface area contributed by atoms with Gasteiger partial charge in [0, 0.05) is 0 Å². The van der Waals surface area contributed by atoms with E-state index in [0.29, 0.717) is 6.42 Å². The van der Waals surface area contributed by atoms with Gasteiger partial charge in [-0.15, -0.1) is 0 Å². The zero-order valence-corrected chi connectivity index (χ0v) is 19.2. The first-order chi connectivity index (χ1) is 15.2. The van der Waals surface area contributed by atoms with Gasteiger partial charge >= 0.3 is 0 Å². The Labute approximate surface area is 188 Å². The number of rotatable bonds is 8. The maximum Gasteiger partial charge on any atom is 0.264 e. The van der Waals surface area contributed by atoms with Crippen LogP contribution in [-0.2, 0) is 14.8 Å². The normalized spacial score (nSPS) is 12.2. The Kier molecular flexibility index (Phi) is 7.30. The summed E-state index contributed by atoms with van der Waals surface area (Å²) in [7, 11) is -4.17. The van der Waals surface area contributed by atoms with Crippen LogP contribution in [-0.4, -0.2) is 20.9 Å². The van der Waals surface area contributed by atoms with Crippen molar-refractivity contribution in [2.24, 2.45) is 0 Å². The Hall–Kier alpha value is -3.19. The highest BCUT2D eigenvalue weighted by molar-refractivity contribution is 7.92. The Morgan fingerprint density at radius 2 is 1.50 bits per heavy atom. The van der Waals surface area contributed by atoms with Gasteiger partial charge in [-0.25, -0.2) is 12.8 Å². The predicted molar refractivity (Wildman–Crippen MR) is 124 cm³/mol. The van der Waals surface area contributed by atoms with Crippen LogP contribution in [0.25, 0.3) is 0 Å². The predicted octanol–water partition coefficient (Wildman–Crippen LogP) is 4.91. The molecule has 0 saturated carbocycles. The van der Waals surface area contributed by atoms with Crippen LogP contribution in [0.1, 0.15) is 36.1 Å². The monoisotopic (exact) mass is 454 g/mol. The van der Waals surface area contributed by atoms with Crippen molar-refractivity contribution in [3.8, 4) is 0 Å². The molecule has 0 aliphatic rings. The molecule has 3 rings (SSSR count). The lowest BCUT2D eigenvalue weighted by Gasteiger charge is -2.26. The summed E-state index contributed by atoms with van der Waals surface area (Å²) in [6.07, 6.45) is 0.624. The van der Waals surface area contributed by atoms with Gasteiger partial charge in [0.2, 0.25) is 5.91 Å². The second kappa shape index (κ2) is 9.96. The van der Waals surface area contributed by atoms with E-state index in [2.05, 4.69) is 5.32 Å². The van der Waals surface area contributed by atoms with Gasteiger partial charge in [-0.2, -0.15) is 0 Å². The number of hydrogen-bond acceptors (Lipinski definition) is 3. The average Bonchev–Trinajstić information content (AvgIpc) is 2.77. The van der Waals surface area contributed by atoms with Crippen molar-refractivity contribution < 1.29 is 17.6 Å². The minimum absolute atomic E-state index is 0.00951. The van der Waals surface area contributed by atoms with Crippen LogP contribution < -0.4 is 9.62 Å². The molecule has 0 heterocycles. The maximum absolute atomic E-state index is 14.6. The van der Waals surface area contributed by atoms with E-state index in [1.807, 2.05) is 45.0 Å². The number of carbonyl (C=O) groups excluding carboxylic acids is 1. The van der Waals surface area contributed by atoms with E-state index in [9.17, 15) is 17.6 Å². The largest absolute Gasteiger partial charge is 0.348 e. The Bertz CT molecular complexity index is 1180. The van der Waals surface area contributed by atoms with Gasteiger partial charge in [0.1, 0.15) is 12.4 Å². The van der Waals surface area contributed by atoms with Gasteiger partial charge in [-0.3, -0.25) is 9.10 Å². The molecule has 0 spiro atoms. The number of nitrogens with one attached hydrogen (secondary N) is 1. The molecule has 3 aromatic carbocycles. The number of halogens is 1. The number of aryl methyl sites for hydroxylation is 2. The fourth-order valence-corrected chi connectivity index (χ4v) is 4.81. The number of sulfonamides is 1. The molecule has 0 aromatic heterocycles. The highest BCUT2D eigenvalue weighted by atomic mass is 32.2. The number of anilines is 1. The van der Waals surface area contributed by atoms with Gasteiger partial charge in [0.05, 0.1) is 16.6 Å². The quantitative estimate of drug-likeness (QED) is 0.526. The van der Waals surface area contributed by atoms with E-state index < -0.39 is 28.3 Å². The zero-order valence-electron chi connectivity index (χ0n) is 18.4. The molecule has 0 fully saturated rings. The molecule has 1 unspecified atom stereocenters. The van der Waals surface area contributed by atoms with Crippen molar-refractivity contribution in [3.63, 3.8) is 0 Å². The summed E-state index contributed by atoms with van der Waals surface area (Å²) in [4.78, 5) is 12.9. The first kappa shape index (κ1) is 23.5. The second-order valence-corrected chi connectivity index (χ2v) is 9.58. The molecule has 1 amide bonds. The smallest absolute Gasteiger partial charge is 0.264 e. The van der Waals surface area contributed by atoms with Crippen LogP contribution in [0.15, 0.2) is 77.7 Å². The van der Waals surface area contributed by atoms with E-state index in [1.54, 1.807) is 12.1 Å². The highest BCUT2D eigenvalue weighted by Crippen LogP contribution is 2.26. The van der Waals surface area contributed by atoms with Gasteiger partial charge in [-0.05, 0) is 50.1 Å². The Balaban J connectivity index is 1.92. The number of hydrogen-bond donors (Lipinski definition) is 1. The summed E-state index contributed by atoms with van der Waals surface area (Å²) in [5, 5.41) is 2.89. The molecule has 3 aromatic rings. The van der Waals surface area contributed by atoms with Gasteiger partial charge < -0.3 is 5.32 Å². The van der Waals surface area contributed by atoms with Crippen molar-refractivity contribution >= 4 is 21.6 Å². The number of amides is 1. The van der Waals surface area contributed by atoms with Crippen molar-refractivity contribution in [1.29, 1.82) is 0 Å². The summed E-state index contributed by atoms with van der Waals surface area (Å²) in [5.41, 5.74) is 2.74. The molecular weight excluding hydrogens is 427 g/mol. The molecule has 0 bridgehead atoms. The van der Waals surface area contributed by atoms with Crippen LogP contribution >= 0.6 is 0 Å². The van der Waals surface area contributed by atoms with E-state index >= 15 is 0 Å². The molecule has 7 heteroatoms. The third-order valence-corrected chi connectivity index (χ3v) is 7.01. The molecular formula is C25H27FN2O3S. The summed E-state index contributed by atoms with van der Waals surface area (Å²) in [6.45, 7) is 5.21. The molecule has 1 N–H and O–H groups in total. The van der Waals surface area contributed by atoms with Crippen LogP contribution in [0.5, 0.6) is 0 Å². The fraction of sp³-hybridized carbons (Fsp3) is 0.240.